The number of anilines is 3. The van der Waals surface area contributed by atoms with Crippen LogP contribution in [0.3, 0.4) is 0 Å². The average molecular weight is 444 g/mol. The maximum atomic E-state index is 5.27. The van der Waals surface area contributed by atoms with Crippen molar-refractivity contribution in [1.29, 1.82) is 0 Å². The molecule has 9 heteroatoms. The molecule has 1 N–H and O–H groups in total. The van der Waals surface area contributed by atoms with Crippen LogP contribution in [0.4, 0.5) is 17.6 Å². The molecule has 2 aromatic carbocycles. The van der Waals surface area contributed by atoms with Gasteiger partial charge in [-0.3, -0.25) is 0 Å². The van der Waals surface area contributed by atoms with Crippen LogP contribution in [0.5, 0.6) is 5.75 Å². The van der Waals surface area contributed by atoms with Crippen LogP contribution in [0.25, 0.3) is 27.3 Å². The highest BCUT2D eigenvalue weighted by atomic mass is 32.1. The predicted molar refractivity (Wildman–Crippen MR) is 127 cm³/mol. The number of rotatable bonds is 5. The van der Waals surface area contributed by atoms with E-state index in [2.05, 4.69) is 20.6 Å². The van der Waals surface area contributed by atoms with Gasteiger partial charge in [0.1, 0.15) is 5.75 Å². The Morgan fingerprint density at radius 1 is 0.938 bits per heavy atom. The van der Waals surface area contributed by atoms with Crippen molar-refractivity contribution in [1.82, 2.24) is 24.6 Å². The lowest BCUT2D eigenvalue weighted by Gasteiger charge is -2.19. The molecule has 0 radical (unpaired) electrons. The van der Waals surface area contributed by atoms with Crippen molar-refractivity contribution in [3.05, 3.63) is 53.9 Å². The van der Waals surface area contributed by atoms with Crippen molar-refractivity contribution in [2.75, 3.05) is 30.4 Å². The molecule has 5 aromatic rings. The summed E-state index contributed by atoms with van der Waals surface area (Å²) in [5.74, 6) is 2.88. The van der Waals surface area contributed by atoms with Crippen LogP contribution in [-0.2, 0) is 0 Å². The first-order chi connectivity index (χ1) is 15.8. The van der Waals surface area contributed by atoms with E-state index in [-0.39, 0.29) is 0 Å². The minimum Gasteiger partial charge on any atom is -0.497 e. The van der Waals surface area contributed by atoms with Crippen molar-refractivity contribution in [2.45, 2.75) is 12.8 Å². The number of methoxy groups -OCH3 is 1. The van der Waals surface area contributed by atoms with Crippen molar-refractivity contribution < 1.29 is 4.74 Å². The van der Waals surface area contributed by atoms with E-state index in [0.29, 0.717) is 11.8 Å². The molecular weight excluding hydrogens is 422 g/mol. The number of nitrogens with one attached hydrogen (secondary N) is 1. The number of ether oxygens (including phenoxy) is 1. The molecule has 0 spiro atoms. The van der Waals surface area contributed by atoms with Crippen molar-refractivity contribution >= 4 is 44.9 Å². The van der Waals surface area contributed by atoms with Crippen LogP contribution in [0.1, 0.15) is 12.8 Å². The second kappa shape index (κ2) is 7.76. The zero-order chi connectivity index (χ0) is 21.5. The molecule has 4 heterocycles. The second-order valence-corrected chi connectivity index (χ2v) is 8.52. The van der Waals surface area contributed by atoms with Gasteiger partial charge < -0.3 is 15.0 Å². The van der Waals surface area contributed by atoms with E-state index in [9.17, 15) is 0 Å². The van der Waals surface area contributed by atoms with E-state index >= 15 is 0 Å². The molecule has 0 saturated carbocycles. The molecule has 160 valence electrons. The maximum absolute atomic E-state index is 5.27. The monoisotopic (exact) mass is 443 g/mol. The average Bonchev–Trinajstić information content (AvgIpc) is 3.57. The third-order valence-corrected chi connectivity index (χ3v) is 6.47. The molecule has 8 nitrogen and oxygen atoms in total. The van der Waals surface area contributed by atoms with E-state index in [1.165, 1.54) is 0 Å². The first-order valence-corrected chi connectivity index (χ1v) is 11.4. The second-order valence-electron chi connectivity index (χ2n) is 7.68. The molecule has 1 saturated heterocycles. The van der Waals surface area contributed by atoms with E-state index < -0.39 is 0 Å². The van der Waals surface area contributed by atoms with Gasteiger partial charge in [0, 0.05) is 24.0 Å². The van der Waals surface area contributed by atoms with Gasteiger partial charge in [-0.25, -0.2) is 14.5 Å². The lowest BCUT2D eigenvalue weighted by molar-refractivity contribution is 0.415. The lowest BCUT2D eigenvalue weighted by Crippen LogP contribution is -2.21. The molecule has 0 atom stereocenters. The lowest BCUT2D eigenvalue weighted by atomic mass is 10.2. The number of aromatic nitrogens is 5. The van der Waals surface area contributed by atoms with Gasteiger partial charge >= 0.3 is 0 Å². The number of para-hydroxylation sites is 2. The Labute approximate surface area is 188 Å². The molecular formula is C23H21N7OS. The molecule has 0 amide bonds. The number of benzene rings is 2. The van der Waals surface area contributed by atoms with Crippen molar-refractivity contribution in [2.24, 2.45) is 0 Å². The highest BCUT2D eigenvalue weighted by molar-refractivity contribution is 7.15. The maximum Gasteiger partial charge on any atom is 0.249 e. The van der Waals surface area contributed by atoms with Crippen molar-refractivity contribution in [3.8, 4) is 17.0 Å². The highest BCUT2D eigenvalue weighted by Gasteiger charge is 2.21. The normalized spacial score (nSPS) is 13.8. The topological polar surface area (TPSA) is 80.5 Å². The molecule has 1 fully saturated rings. The van der Waals surface area contributed by atoms with E-state index in [0.717, 1.165) is 64.8 Å². The summed E-state index contributed by atoms with van der Waals surface area (Å²) in [6.07, 6.45) is 2.33. The van der Waals surface area contributed by atoms with E-state index in [1.54, 1.807) is 18.4 Å². The first-order valence-electron chi connectivity index (χ1n) is 10.6. The summed E-state index contributed by atoms with van der Waals surface area (Å²) in [7, 11) is 1.67. The zero-order valence-corrected chi connectivity index (χ0v) is 18.3. The number of hydrogen-bond donors (Lipinski definition) is 1. The quantitative estimate of drug-likeness (QED) is 0.420. The Morgan fingerprint density at radius 3 is 2.44 bits per heavy atom. The van der Waals surface area contributed by atoms with Crippen LogP contribution in [-0.4, -0.2) is 44.8 Å². The molecule has 3 aromatic heterocycles. The third kappa shape index (κ3) is 3.31. The summed E-state index contributed by atoms with van der Waals surface area (Å²) in [6, 6.07) is 15.9. The Hall–Kier alpha value is -3.72. The van der Waals surface area contributed by atoms with Gasteiger partial charge in [-0.1, -0.05) is 12.1 Å². The van der Waals surface area contributed by atoms with Gasteiger partial charge in [-0.05, 0) is 49.2 Å². The third-order valence-electron chi connectivity index (χ3n) is 5.66. The van der Waals surface area contributed by atoms with Crippen LogP contribution in [0.15, 0.2) is 53.9 Å². The minimum absolute atomic E-state index is 0.511. The highest BCUT2D eigenvalue weighted by Crippen LogP contribution is 2.31. The summed E-state index contributed by atoms with van der Waals surface area (Å²) < 4.78 is 7.13. The van der Waals surface area contributed by atoms with Crippen molar-refractivity contribution in [3.63, 3.8) is 0 Å². The summed E-state index contributed by atoms with van der Waals surface area (Å²) in [5.41, 5.74) is 3.77. The van der Waals surface area contributed by atoms with Crippen LogP contribution < -0.4 is 15.0 Å². The summed E-state index contributed by atoms with van der Waals surface area (Å²) in [5, 5.41) is 10.1. The largest absolute Gasteiger partial charge is 0.497 e. The van der Waals surface area contributed by atoms with Gasteiger partial charge in [-0.2, -0.15) is 4.98 Å². The Kier molecular flexibility index (Phi) is 4.61. The Balaban J connectivity index is 1.38. The first kappa shape index (κ1) is 19.0. The predicted octanol–water partition coefficient (Wildman–Crippen LogP) is 4.75. The molecule has 0 aliphatic carbocycles. The van der Waals surface area contributed by atoms with Crippen LogP contribution >= 0.6 is 11.3 Å². The SMILES string of the molecule is COc1ccc(-c2csc3nc(Nc4nc5ccccc5nc4N4CCCC4)nn23)cc1. The fourth-order valence-electron chi connectivity index (χ4n) is 4.02. The van der Waals surface area contributed by atoms with Gasteiger partial charge in [0.05, 0.1) is 23.8 Å². The number of thiazole rings is 1. The summed E-state index contributed by atoms with van der Waals surface area (Å²) in [6.45, 7) is 1.96. The molecule has 0 unspecified atom stereocenters. The molecule has 1 aliphatic rings. The van der Waals surface area contributed by atoms with Crippen LogP contribution in [0, 0.1) is 0 Å². The van der Waals surface area contributed by atoms with Gasteiger partial charge in [0.2, 0.25) is 10.9 Å². The smallest absolute Gasteiger partial charge is 0.249 e. The fourth-order valence-corrected chi connectivity index (χ4v) is 4.86. The summed E-state index contributed by atoms with van der Waals surface area (Å²) in [4.78, 5) is 17.5. The zero-order valence-electron chi connectivity index (χ0n) is 17.5. The van der Waals surface area contributed by atoms with Gasteiger partial charge in [0.25, 0.3) is 0 Å². The van der Waals surface area contributed by atoms with E-state index in [1.807, 2.05) is 53.0 Å². The van der Waals surface area contributed by atoms with Gasteiger partial charge in [0.15, 0.2) is 11.6 Å². The Morgan fingerprint density at radius 2 is 1.69 bits per heavy atom. The van der Waals surface area contributed by atoms with Crippen LogP contribution in [0.2, 0.25) is 0 Å². The molecule has 32 heavy (non-hydrogen) atoms. The van der Waals surface area contributed by atoms with Gasteiger partial charge in [-0.15, -0.1) is 16.4 Å². The number of hydrogen-bond acceptors (Lipinski definition) is 8. The number of nitrogens with zero attached hydrogens (tertiary/aromatic N) is 6. The number of fused-ring (bicyclic) bond motifs is 2. The fraction of sp³-hybridized carbons (Fsp3) is 0.217. The molecule has 1 aliphatic heterocycles. The van der Waals surface area contributed by atoms with E-state index in [4.69, 9.17) is 19.8 Å². The standard InChI is InChI=1S/C23H21N7OS/c1-31-16-10-8-15(9-11-16)19-14-32-23-27-22(28-30(19)23)26-20-21(29-12-4-5-13-29)25-18-7-3-2-6-17(18)24-20/h2-3,6-11,14H,4-5,12-13H2,1H3,(H,24,26,28). The Bertz CT molecular complexity index is 1400. The molecule has 0 bridgehead atoms. The summed E-state index contributed by atoms with van der Waals surface area (Å²) >= 11 is 1.55. The minimum atomic E-state index is 0.511. The molecule has 6 rings (SSSR count).